The lowest BCUT2D eigenvalue weighted by molar-refractivity contribution is 0.0792. The van der Waals surface area contributed by atoms with Gasteiger partial charge >= 0.3 is 0 Å². The summed E-state index contributed by atoms with van der Waals surface area (Å²) in [6.07, 6.45) is 0.946. The normalized spacial score (nSPS) is 15.9. The summed E-state index contributed by atoms with van der Waals surface area (Å²) >= 11 is 3.40. The molecule has 0 saturated carbocycles. The van der Waals surface area contributed by atoms with Crippen LogP contribution in [0.2, 0.25) is 0 Å². The second-order valence-electron chi connectivity index (χ2n) is 7.13. The quantitative estimate of drug-likeness (QED) is 0.585. The highest BCUT2D eigenvalue weighted by Crippen LogP contribution is 2.29. The number of carbonyl (C=O) groups is 2. The van der Waals surface area contributed by atoms with E-state index in [2.05, 4.69) is 33.4 Å². The highest BCUT2D eigenvalue weighted by Gasteiger charge is 2.29. The van der Waals surface area contributed by atoms with Gasteiger partial charge in [0.05, 0.1) is 16.8 Å². The zero-order chi connectivity index (χ0) is 20.2. The molecule has 2 amide bonds. The molecule has 1 unspecified atom stereocenters. The Morgan fingerprint density at radius 3 is 2.28 bits per heavy atom. The Morgan fingerprint density at radius 2 is 1.52 bits per heavy atom. The number of amides is 2. The van der Waals surface area contributed by atoms with Gasteiger partial charge in [-0.3, -0.25) is 9.59 Å². The SMILES string of the molecule is O=C(Nc1ccccc1C(=O)N1CCC(c2ccccc2)C1)c1ccccc1Br. The summed E-state index contributed by atoms with van der Waals surface area (Å²) in [6, 6.07) is 24.7. The van der Waals surface area contributed by atoms with Crippen LogP contribution < -0.4 is 5.32 Å². The van der Waals surface area contributed by atoms with E-state index in [0.717, 1.165) is 6.42 Å². The molecule has 4 rings (SSSR count). The number of nitrogens with one attached hydrogen (secondary N) is 1. The van der Waals surface area contributed by atoms with Crippen molar-refractivity contribution in [2.75, 3.05) is 18.4 Å². The molecule has 3 aromatic carbocycles. The van der Waals surface area contributed by atoms with Crippen LogP contribution in [0.4, 0.5) is 5.69 Å². The van der Waals surface area contributed by atoms with E-state index < -0.39 is 0 Å². The summed E-state index contributed by atoms with van der Waals surface area (Å²) in [4.78, 5) is 27.8. The number of nitrogens with zero attached hydrogens (tertiary/aromatic N) is 1. The molecule has 1 fully saturated rings. The number of likely N-dealkylation sites (tertiary alicyclic amines) is 1. The van der Waals surface area contributed by atoms with Gasteiger partial charge in [0.15, 0.2) is 0 Å². The second kappa shape index (κ2) is 8.62. The van der Waals surface area contributed by atoms with Gasteiger partial charge in [-0.05, 0) is 52.2 Å². The van der Waals surface area contributed by atoms with Gasteiger partial charge in [0, 0.05) is 23.5 Å². The van der Waals surface area contributed by atoms with E-state index in [1.165, 1.54) is 5.56 Å². The van der Waals surface area contributed by atoms with Crippen LogP contribution >= 0.6 is 15.9 Å². The number of hydrogen-bond acceptors (Lipinski definition) is 2. The van der Waals surface area contributed by atoms with E-state index in [-0.39, 0.29) is 11.8 Å². The van der Waals surface area contributed by atoms with Gasteiger partial charge in [-0.1, -0.05) is 54.6 Å². The first-order valence-corrected chi connectivity index (χ1v) is 10.4. The maximum Gasteiger partial charge on any atom is 0.256 e. The molecule has 0 spiro atoms. The fourth-order valence-corrected chi connectivity index (χ4v) is 4.19. The maximum atomic E-state index is 13.2. The Hall–Kier alpha value is -2.92. The van der Waals surface area contributed by atoms with E-state index in [9.17, 15) is 9.59 Å². The molecule has 1 heterocycles. The summed E-state index contributed by atoms with van der Waals surface area (Å²) in [5.74, 6) is 0.0509. The van der Waals surface area contributed by atoms with Gasteiger partial charge < -0.3 is 10.2 Å². The molecule has 0 aromatic heterocycles. The van der Waals surface area contributed by atoms with Crippen molar-refractivity contribution >= 4 is 33.4 Å². The molecule has 1 aliphatic heterocycles. The largest absolute Gasteiger partial charge is 0.338 e. The fraction of sp³-hybridized carbons (Fsp3) is 0.167. The first-order valence-electron chi connectivity index (χ1n) is 9.62. The lowest BCUT2D eigenvalue weighted by Gasteiger charge is -2.19. The Kier molecular flexibility index (Phi) is 5.76. The molecule has 1 aliphatic rings. The van der Waals surface area contributed by atoms with Crippen LogP contribution in [0.25, 0.3) is 0 Å². The monoisotopic (exact) mass is 448 g/mol. The fourth-order valence-electron chi connectivity index (χ4n) is 3.73. The lowest BCUT2D eigenvalue weighted by Crippen LogP contribution is -2.29. The molecule has 29 heavy (non-hydrogen) atoms. The third-order valence-corrected chi connectivity index (χ3v) is 5.96. The minimum absolute atomic E-state index is 0.0496. The predicted octanol–water partition coefficient (Wildman–Crippen LogP) is 5.33. The number of benzene rings is 3. The highest BCUT2D eigenvalue weighted by atomic mass is 79.9. The van der Waals surface area contributed by atoms with Gasteiger partial charge in [-0.15, -0.1) is 0 Å². The van der Waals surface area contributed by atoms with E-state index in [1.54, 1.807) is 18.2 Å². The molecule has 0 radical (unpaired) electrons. The second-order valence-corrected chi connectivity index (χ2v) is 7.98. The zero-order valence-corrected chi connectivity index (χ0v) is 17.4. The molecule has 0 aliphatic carbocycles. The third kappa shape index (κ3) is 4.25. The Morgan fingerprint density at radius 1 is 0.862 bits per heavy atom. The molecule has 5 heteroatoms. The molecule has 146 valence electrons. The smallest absolute Gasteiger partial charge is 0.256 e. The minimum Gasteiger partial charge on any atom is -0.338 e. The lowest BCUT2D eigenvalue weighted by atomic mass is 9.99. The van der Waals surface area contributed by atoms with Crippen LogP contribution in [-0.2, 0) is 0 Å². The molecule has 1 saturated heterocycles. The van der Waals surface area contributed by atoms with Gasteiger partial charge in [0.25, 0.3) is 11.8 Å². The molecule has 3 aromatic rings. The van der Waals surface area contributed by atoms with E-state index in [1.807, 2.05) is 53.4 Å². The van der Waals surface area contributed by atoms with Crippen LogP contribution in [0.5, 0.6) is 0 Å². The van der Waals surface area contributed by atoms with Crippen molar-refractivity contribution in [2.24, 2.45) is 0 Å². The Bertz CT molecular complexity index is 1040. The first kappa shape index (κ1) is 19.4. The minimum atomic E-state index is -0.249. The number of anilines is 1. The molecule has 1 atom stereocenters. The zero-order valence-electron chi connectivity index (χ0n) is 15.8. The van der Waals surface area contributed by atoms with Crippen LogP contribution in [0.3, 0.4) is 0 Å². The number of para-hydroxylation sites is 1. The van der Waals surface area contributed by atoms with Crippen molar-refractivity contribution in [2.45, 2.75) is 12.3 Å². The molecule has 4 nitrogen and oxygen atoms in total. The van der Waals surface area contributed by atoms with Crippen LogP contribution in [0.1, 0.15) is 38.6 Å². The molecule has 1 N–H and O–H groups in total. The average molecular weight is 449 g/mol. The molecular weight excluding hydrogens is 428 g/mol. The number of halogens is 1. The van der Waals surface area contributed by atoms with Gasteiger partial charge in [0.1, 0.15) is 0 Å². The van der Waals surface area contributed by atoms with Gasteiger partial charge in [-0.2, -0.15) is 0 Å². The van der Waals surface area contributed by atoms with Crippen molar-refractivity contribution in [3.8, 4) is 0 Å². The molecular formula is C24H21BrN2O2. The van der Waals surface area contributed by atoms with Crippen LogP contribution in [0, 0.1) is 0 Å². The maximum absolute atomic E-state index is 13.2. The summed E-state index contributed by atoms with van der Waals surface area (Å²) < 4.78 is 0.714. The predicted molar refractivity (Wildman–Crippen MR) is 118 cm³/mol. The van der Waals surface area contributed by atoms with Crippen molar-refractivity contribution in [3.63, 3.8) is 0 Å². The topological polar surface area (TPSA) is 49.4 Å². The van der Waals surface area contributed by atoms with Crippen molar-refractivity contribution in [3.05, 3.63) is 100 Å². The summed E-state index contributed by atoms with van der Waals surface area (Å²) in [5.41, 5.74) is 2.83. The summed E-state index contributed by atoms with van der Waals surface area (Å²) in [6.45, 7) is 1.40. The van der Waals surface area contributed by atoms with Crippen LogP contribution in [0.15, 0.2) is 83.3 Å². The summed E-state index contributed by atoms with van der Waals surface area (Å²) in [5, 5.41) is 2.90. The molecule has 0 bridgehead atoms. The first-order chi connectivity index (χ1) is 14.1. The van der Waals surface area contributed by atoms with Crippen molar-refractivity contribution < 1.29 is 9.59 Å². The van der Waals surface area contributed by atoms with E-state index >= 15 is 0 Å². The number of rotatable bonds is 4. The van der Waals surface area contributed by atoms with Crippen LogP contribution in [-0.4, -0.2) is 29.8 Å². The third-order valence-electron chi connectivity index (χ3n) is 5.27. The van der Waals surface area contributed by atoms with Gasteiger partial charge in [0.2, 0.25) is 0 Å². The average Bonchev–Trinajstić information content (AvgIpc) is 3.25. The Balaban J connectivity index is 1.52. The van der Waals surface area contributed by atoms with Crippen molar-refractivity contribution in [1.29, 1.82) is 0 Å². The number of carbonyl (C=O) groups excluding carboxylic acids is 2. The van der Waals surface area contributed by atoms with E-state index in [0.29, 0.717) is 40.3 Å². The standard InChI is InChI=1S/C24H21BrN2O2/c25-21-12-6-4-10-19(21)23(28)26-22-13-7-5-11-20(22)24(29)27-15-14-18(16-27)17-8-2-1-3-9-17/h1-13,18H,14-16H2,(H,26,28). The highest BCUT2D eigenvalue weighted by molar-refractivity contribution is 9.10. The van der Waals surface area contributed by atoms with Crippen molar-refractivity contribution in [1.82, 2.24) is 4.90 Å². The van der Waals surface area contributed by atoms with E-state index in [4.69, 9.17) is 0 Å². The van der Waals surface area contributed by atoms with Gasteiger partial charge in [-0.25, -0.2) is 0 Å². The number of hydrogen-bond donors (Lipinski definition) is 1. The Labute approximate surface area is 178 Å². The summed E-state index contributed by atoms with van der Waals surface area (Å²) in [7, 11) is 0.